The molecule has 0 fully saturated rings. The molecule has 0 saturated carbocycles. The second kappa shape index (κ2) is 6.59. The van der Waals surface area contributed by atoms with E-state index in [2.05, 4.69) is 43.4 Å². The van der Waals surface area contributed by atoms with Crippen molar-refractivity contribution >= 4 is 0 Å². The third kappa shape index (κ3) is 3.65. The Labute approximate surface area is 92.3 Å². The summed E-state index contributed by atoms with van der Waals surface area (Å²) in [4.78, 5) is 0. The molecule has 0 heterocycles. The Morgan fingerprint density at radius 1 is 1.20 bits per heavy atom. The van der Waals surface area contributed by atoms with Crippen molar-refractivity contribution in [1.82, 2.24) is 5.32 Å². The molecule has 0 saturated heterocycles. The van der Waals surface area contributed by atoms with Gasteiger partial charge in [-0.1, -0.05) is 38.1 Å². The fraction of sp³-hybridized carbons (Fsp3) is 0.538. The third-order valence-electron chi connectivity index (χ3n) is 2.79. The lowest BCUT2D eigenvalue weighted by molar-refractivity contribution is 0.238. The average Bonchev–Trinajstić information content (AvgIpc) is 2.31. The van der Waals surface area contributed by atoms with Crippen LogP contribution in [0.3, 0.4) is 0 Å². The minimum Gasteiger partial charge on any atom is -0.395 e. The maximum absolute atomic E-state index is 9.07. The summed E-state index contributed by atoms with van der Waals surface area (Å²) in [6.07, 6.45) is 2.03. The Kier molecular flexibility index (Phi) is 5.37. The highest BCUT2D eigenvalue weighted by molar-refractivity contribution is 5.26. The molecule has 0 spiro atoms. The zero-order chi connectivity index (χ0) is 11.1. The minimum absolute atomic E-state index is 0.213. The zero-order valence-electron chi connectivity index (χ0n) is 9.66. The molecular weight excluding hydrogens is 186 g/mol. The molecule has 1 aromatic rings. The van der Waals surface area contributed by atoms with E-state index in [9.17, 15) is 0 Å². The Bertz CT molecular complexity index is 282. The van der Waals surface area contributed by atoms with Gasteiger partial charge in [-0.25, -0.2) is 0 Å². The van der Waals surface area contributed by atoms with Gasteiger partial charge in [0.05, 0.1) is 6.61 Å². The molecule has 0 amide bonds. The summed E-state index contributed by atoms with van der Waals surface area (Å²) < 4.78 is 0. The summed E-state index contributed by atoms with van der Waals surface area (Å²) >= 11 is 0. The normalized spacial score (nSPS) is 12.7. The third-order valence-corrected chi connectivity index (χ3v) is 2.79. The summed E-state index contributed by atoms with van der Waals surface area (Å²) in [7, 11) is 0. The summed E-state index contributed by atoms with van der Waals surface area (Å²) in [6.45, 7) is 5.32. The van der Waals surface area contributed by atoms with Gasteiger partial charge in [0.1, 0.15) is 0 Å². The van der Waals surface area contributed by atoms with Crippen molar-refractivity contribution in [3.05, 3.63) is 35.4 Å². The van der Waals surface area contributed by atoms with Gasteiger partial charge in [0.2, 0.25) is 0 Å². The lowest BCUT2D eigenvalue weighted by Crippen LogP contribution is -2.31. The van der Waals surface area contributed by atoms with Crippen molar-refractivity contribution in [3.63, 3.8) is 0 Å². The molecule has 1 atom stereocenters. The number of benzene rings is 1. The van der Waals surface area contributed by atoms with Crippen LogP contribution in [0.2, 0.25) is 0 Å². The molecule has 0 radical (unpaired) electrons. The number of hydrogen-bond donors (Lipinski definition) is 2. The van der Waals surface area contributed by atoms with Crippen LogP contribution in [-0.4, -0.2) is 17.8 Å². The molecule has 0 aliphatic rings. The van der Waals surface area contributed by atoms with Gasteiger partial charge in [-0.05, 0) is 24.0 Å². The van der Waals surface area contributed by atoms with Crippen molar-refractivity contribution < 1.29 is 5.11 Å². The SMILES string of the molecule is CCc1ccccc1CNC(CC)CO. The van der Waals surface area contributed by atoms with Gasteiger partial charge in [0.25, 0.3) is 0 Å². The Hall–Kier alpha value is -0.860. The molecule has 1 aromatic carbocycles. The molecule has 0 aromatic heterocycles. The number of aliphatic hydroxyl groups excluding tert-OH is 1. The second-order valence-electron chi connectivity index (χ2n) is 3.79. The van der Waals surface area contributed by atoms with E-state index < -0.39 is 0 Å². The molecule has 84 valence electrons. The van der Waals surface area contributed by atoms with Crippen LogP contribution in [0.5, 0.6) is 0 Å². The van der Waals surface area contributed by atoms with Crippen LogP contribution in [0.4, 0.5) is 0 Å². The fourth-order valence-corrected chi connectivity index (χ4v) is 1.67. The standard InChI is InChI=1S/C13H21NO/c1-3-11-7-5-6-8-12(11)9-14-13(4-2)10-15/h5-8,13-15H,3-4,9-10H2,1-2H3. The maximum Gasteiger partial charge on any atom is 0.0584 e. The van der Waals surface area contributed by atoms with Crippen molar-refractivity contribution in [1.29, 1.82) is 0 Å². The summed E-state index contributed by atoms with van der Waals surface area (Å²) in [5.74, 6) is 0. The summed E-state index contributed by atoms with van der Waals surface area (Å²) in [5, 5.41) is 12.4. The first-order valence-electron chi connectivity index (χ1n) is 5.72. The lowest BCUT2D eigenvalue weighted by Gasteiger charge is -2.15. The van der Waals surface area contributed by atoms with Crippen molar-refractivity contribution in [2.75, 3.05) is 6.61 Å². The van der Waals surface area contributed by atoms with Crippen LogP contribution in [0.1, 0.15) is 31.4 Å². The van der Waals surface area contributed by atoms with Crippen LogP contribution >= 0.6 is 0 Å². The Morgan fingerprint density at radius 2 is 1.87 bits per heavy atom. The predicted octanol–water partition coefficient (Wildman–Crippen LogP) is 2.11. The number of nitrogens with one attached hydrogen (secondary N) is 1. The first kappa shape index (κ1) is 12.2. The molecule has 1 rings (SSSR count). The molecule has 0 aliphatic heterocycles. The topological polar surface area (TPSA) is 32.3 Å². The molecule has 1 unspecified atom stereocenters. The van der Waals surface area contributed by atoms with Crippen LogP contribution in [0, 0.1) is 0 Å². The van der Waals surface area contributed by atoms with Crippen molar-refractivity contribution in [3.8, 4) is 0 Å². The first-order valence-corrected chi connectivity index (χ1v) is 5.72. The van der Waals surface area contributed by atoms with Gasteiger partial charge >= 0.3 is 0 Å². The molecule has 15 heavy (non-hydrogen) atoms. The maximum atomic E-state index is 9.07. The predicted molar refractivity (Wildman–Crippen MR) is 63.8 cm³/mol. The average molecular weight is 207 g/mol. The molecule has 0 bridgehead atoms. The number of aliphatic hydroxyl groups is 1. The Balaban J connectivity index is 2.56. The summed E-state index contributed by atoms with van der Waals surface area (Å²) in [6, 6.07) is 8.67. The zero-order valence-corrected chi connectivity index (χ0v) is 9.66. The Morgan fingerprint density at radius 3 is 2.40 bits per heavy atom. The van der Waals surface area contributed by atoms with Gasteiger partial charge in [0.15, 0.2) is 0 Å². The molecule has 2 heteroatoms. The van der Waals surface area contributed by atoms with E-state index in [1.54, 1.807) is 0 Å². The van der Waals surface area contributed by atoms with Gasteiger partial charge in [-0.15, -0.1) is 0 Å². The minimum atomic E-state index is 0.213. The van der Waals surface area contributed by atoms with E-state index in [-0.39, 0.29) is 12.6 Å². The monoisotopic (exact) mass is 207 g/mol. The second-order valence-corrected chi connectivity index (χ2v) is 3.79. The van der Waals surface area contributed by atoms with Crippen LogP contribution < -0.4 is 5.32 Å². The van der Waals surface area contributed by atoms with Crippen LogP contribution in [-0.2, 0) is 13.0 Å². The fourth-order valence-electron chi connectivity index (χ4n) is 1.67. The molecule has 2 nitrogen and oxygen atoms in total. The first-order chi connectivity index (χ1) is 7.31. The summed E-state index contributed by atoms with van der Waals surface area (Å²) in [5.41, 5.74) is 2.73. The highest BCUT2D eigenvalue weighted by atomic mass is 16.3. The van der Waals surface area contributed by atoms with E-state index in [0.29, 0.717) is 0 Å². The van der Waals surface area contributed by atoms with Crippen LogP contribution in [0.25, 0.3) is 0 Å². The van der Waals surface area contributed by atoms with Crippen molar-refractivity contribution in [2.24, 2.45) is 0 Å². The van der Waals surface area contributed by atoms with E-state index in [0.717, 1.165) is 19.4 Å². The number of rotatable bonds is 6. The van der Waals surface area contributed by atoms with Gasteiger partial charge in [0, 0.05) is 12.6 Å². The quantitative estimate of drug-likeness (QED) is 0.749. The number of hydrogen-bond acceptors (Lipinski definition) is 2. The van der Waals surface area contributed by atoms with Gasteiger partial charge in [-0.3, -0.25) is 0 Å². The molecular formula is C13H21NO. The van der Waals surface area contributed by atoms with Gasteiger partial charge in [-0.2, -0.15) is 0 Å². The van der Waals surface area contributed by atoms with E-state index in [1.165, 1.54) is 11.1 Å². The van der Waals surface area contributed by atoms with Crippen molar-refractivity contribution in [2.45, 2.75) is 39.3 Å². The highest BCUT2D eigenvalue weighted by Gasteiger charge is 2.04. The van der Waals surface area contributed by atoms with Crippen LogP contribution in [0.15, 0.2) is 24.3 Å². The smallest absolute Gasteiger partial charge is 0.0584 e. The van der Waals surface area contributed by atoms with E-state index >= 15 is 0 Å². The van der Waals surface area contributed by atoms with Gasteiger partial charge < -0.3 is 10.4 Å². The molecule has 0 aliphatic carbocycles. The largest absolute Gasteiger partial charge is 0.395 e. The molecule has 2 N–H and O–H groups in total. The van der Waals surface area contributed by atoms with E-state index in [4.69, 9.17) is 5.11 Å². The van der Waals surface area contributed by atoms with E-state index in [1.807, 2.05) is 0 Å². The number of aryl methyl sites for hydroxylation is 1. The highest BCUT2D eigenvalue weighted by Crippen LogP contribution is 2.09. The lowest BCUT2D eigenvalue weighted by atomic mass is 10.1.